The van der Waals surface area contributed by atoms with E-state index in [1.807, 2.05) is 26.0 Å². The Labute approximate surface area is 219 Å². The van der Waals surface area contributed by atoms with Crippen molar-refractivity contribution in [2.45, 2.75) is 83.5 Å². The van der Waals surface area contributed by atoms with Gasteiger partial charge in [0.25, 0.3) is 0 Å². The van der Waals surface area contributed by atoms with E-state index in [0.29, 0.717) is 12.3 Å². The van der Waals surface area contributed by atoms with Crippen LogP contribution in [0.3, 0.4) is 0 Å². The Bertz CT molecular complexity index is 1180. The lowest BCUT2D eigenvalue weighted by Crippen LogP contribution is -2.46. The van der Waals surface area contributed by atoms with Gasteiger partial charge in [0, 0.05) is 17.6 Å². The van der Waals surface area contributed by atoms with Gasteiger partial charge in [-0.2, -0.15) is 0 Å². The van der Waals surface area contributed by atoms with E-state index in [-0.39, 0.29) is 24.2 Å². The van der Waals surface area contributed by atoms with E-state index in [1.54, 1.807) is 6.92 Å². The van der Waals surface area contributed by atoms with Crippen LogP contribution < -0.4 is 10.1 Å². The average Bonchev–Trinajstić information content (AvgIpc) is 3.10. The maximum absolute atomic E-state index is 12.0. The van der Waals surface area contributed by atoms with Crippen LogP contribution in [0.4, 0.5) is 0 Å². The first-order valence-corrected chi connectivity index (χ1v) is 13.0. The highest BCUT2D eigenvalue weighted by Gasteiger charge is 2.84. The first-order valence-electron chi connectivity index (χ1n) is 12.6. The fourth-order valence-corrected chi connectivity index (χ4v) is 6.08. The Morgan fingerprint density at radius 3 is 2.50 bits per heavy atom. The zero-order valence-corrected chi connectivity index (χ0v) is 23.2. The van der Waals surface area contributed by atoms with Gasteiger partial charge in [-0.1, -0.05) is 30.3 Å². The van der Waals surface area contributed by atoms with Crippen molar-refractivity contribution in [3.8, 4) is 5.75 Å². The molecule has 7 heteroatoms. The van der Waals surface area contributed by atoms with Gasteiger partial charge in [-0.25, -0.2) is 0 Å². The van der Waals surface area contributed by atoms with Gasteiger partial charge in [-0.3, -0.25) is 4.79 Å². The largest absolute Gasteiger partial charge is 0.481 e. The van der Waals surface area contributed by atoms with Gasteiger partial charge in [-0.15, -0.1) is 12.6 Å². The number of carboxylic acid groups (broad SMARTS) is 1. The topological polar surface area (TPSA) is 88.0 Å². The lowest BCUT2D eigenvalue weighted by molar-refractivity contribution is -0.144. The van der Waals surface area contributed by atoms with E-state index >= 15 is 0 Å². The number of hydrogen-bond donors (Lipinski definition) is 4. The van der Waals surface area contributed by atoms with Gasteiger partial charge < -0.3 is 25.0 Å². The van der Waals surface area contributed by atoms with Crippen LogP contribution in [0.5, 0.6) is 5.75 Å². The summed E-state index contributed by atoms with van der Waals surface area (Å²) in [6, 6.07) is 10.5. The number of aliphatic carboxylic acids is 1. The smallest absolute Gasteiger partial charge is 0.315 e. The fraction of sp³-hybridized carbons (Fsp3) is 0.552. The van der Waals surface area contributed by atoms with Gasteiger partial charge in [0.2, 0.25) is 0 Å². The molecule has 1 saturated carbocycles. The van der Waals surface area contributed by atoms with Gasteiger partial charge in [0.1, 0.15) is 11.2 Å². The van der Waals surface area contributed by atoms with E-state index in [2.05, 4.69) is 63.8 Å². The fourth-order valence-electron chi connectivity index (χ4n) is 5.44. The predicted molar refractivity (Wildman–Crippen MR) is 144 cm³/mol. The van der Waals surface area contributed by atoms with E-state index < -0.39 is 22.4 Å². The molecule has 6 nitrogen and oxygen atoms in total. The van der Waals surface area contributed by atoms with Crippen LogP contribution >= 0.6 is 12.6 Å². The summed E-state index contributed by atoms with van der Waals surface area (Å²) in [7, 11) is 0. The number of carbonyl (C=O) groups is 1. The Morgan fingerprint density at radius 2 is 1.86 bits per heavy atom. The molecule has 1 aliphatic carbocycles. The Kier molecular flexibility index (Phi) is 7.01. The third kappa shape index (κ3) is 4.55. The third-order valence-corrected chi connectivity index (χ3v) is 8.87. The Balaban J connectivity index is 1.37. The molecular weight excluding hydrogens is 474 g/mol. The van der Waals surface area contributed by atoms with Crippen LogP contribution in [-0.4, -0.2) is 45.9 Å². The zero-order valence-electron chi connectivity index (χ0n) is 22.3. The Morgan fingerprint density at radius 1 is 1.19 bits per heavy atom. The molecule has 0 unspecified atom stereocenters. The molecule has 1 fully saturated rings. The second kappa shape index (κ2) is 9.35. The summed E-state index contributed by atoms with van der Waals surface area (Å²) in [5.74, 6) is -0.560. The van der Waals surface area contributed by atoms with Gasteiger partial charge >= 0.3 is 5.97 Å². The van der Waals surface area contributed by atoms with Crippen molar-refractivity contribution in [3.63, 3.8) is 0 Å². The number of aliphatic hydroxyl groups is 1. The molecule has 0 saturated heterocycles. The summed E-state index contributed by atoms with van der Waals surface area (Å²) in [5.41, 5.74) is 5.25. The number of thiol groups is 1. The molecule has 4 rings (SSSR count). The molecule has 36 heavy (non-hydrogen) atoms. The van der Waals surface area contributed by atoms with Gasteiger partial charge in [0.15, 0.2) is 4.93 Å². The van der Waals surface area contributed by atoms with Gasteiger partial charge in [0.05, 0.1) is 24.7 Å². The second-order valence-electron chi connectivity index (χ2n) is 11.4. The SMILES string of the molecule is Cc1ccc(CC(C)(C)NC[C@@H](O)CO[C@H](C)c2ccc(C)c3c2[C@H]2[C@](C)(C(=O)O)[C@]2(S)O3)cc1C. The molecule has 196 valence electrons. The zero-order chi connectivity index (χ0) is 26.6. The summed E-state index contributed by atoms with van der Waals surface area (Å²) in [5, 5.41) is 23.9. The Hall–Kier alpha value is -2.06. The molecule has 1 heterocycles. The maximum Gasteiger partial charge on any atom is 0.315 e. The number of aliphatic hydroxyl groups excluding tert-OH is 1. The molecule has 0 spiro atoms. The lowest BCUT2D eigenvalue weighted by atomic mass is 9.92. The monoisotopic (exact) mass is 513 g/mol. The number of rotatable bonds is 10. The number of carboxylic acids is 1. The van der Waals surface area contributed by atoms with E-state index in [9.17, 15) is 15.0 Å². The molecule has 5 atom stereocenters. The molecule has 1 aliphatic heterocycles. The summed E-state index contributed by atoms with van der Waals surface area (Å²) in [6.45, 7) is 14.6. The number of nitrogens with one attached hydrogen (secondary N) is 1. The average molecular weight is 514 g/mol. The minimum absolute atomic E-state index is 0.157. The molecule has 2 aliphatic rings. The van der Waals surface area contributed by atoms with Crippen LogP contribution in [0.15, 0.2) is 30.3 Å². The number of ether oxygens (including phenoxy) is 2. The van der Waals surface area contributed by atoms with Crippen LogP contribution in [0.2, 0.25) is 0 Å². The summed E-state index contributed by atoms with van der Waals surface area (Å²) < 4.78 is 12.2. The third-order valence-electron chi connectivity index (χ3n) is 8.06. The quantitative estimate of drug-likeness (QED) is 0.339. The van der Waals surface area contributed by atoms with Crippen molar-refractivity contribution >= 4 is 18.6 Å². The molecule has 0 aromatic heterocycles. The van der Waals surface area contributed by atoms with E-state index in [0.717, 1.165) is 23.1 Å². The molecule has 0 radical (unpaired) electrons. The van der Waals surface area contributed by atoms with Gasteiger partial charge in [-0.05, 0) is 82.7 Å². The summed E-state index contributed by atoms with van der Waals surface area (Å²) >= 11 is 4.64. The number of fused-ring (bicyclic) bond motifs is 3. The summed E-state index contributed by atoms with van der Waals surface area (Å²) in [6.07, 6.45) is -0.172. The van der Waals surface area contributed by atoms with Crippen molar-refractivity contribution in [2.75, 3.05) is 13.2 Å². The van der Waals surface area contributed by atoms with Crippen molar-refractivity contribution < 1.29 is 24.5 Å². The van der Waals surface area contributed by atoms with Crippen molar-refractivity contribution in [3.05, 3.63) is 63.7 Å². The van der Waals surface area contributed by atoms with Crippen LogP contribution in [0.1, 0.15) is 73.1 Å². The van der Waals surface area contributed by atoms with E-state index in [4.69, 9.17) is 9.47 Å². The van der Waals surface area contributed by atoms with Crippen molar-refractivity contribution in [2.24, 2.45) is 5.41 Å². The molecule has 2 aromatic rings. The molecule has 0 bridgehead atoms. The minimum Gasteiger partial charge on any atom is -0.481 e. The van der Waals surface area contributed by atoms with Crippen LogP contribution in [0.25, 0.3) is 0 Å². The maximum atomic E-state index is 12.0. The first kappa shape index (κ1) is 27.0. The standard InChI is InChI=1S/C29H39NO5S/c1-16-8-10-20(12-18(16)3)13-27(5,6)30-14-21(31)15-34-19(4)22-11-9-17(2)24-23(22)25-28(7,26(32)33)29(25,36)35-24/h8-12,19,21,25,30-31,36H,13-15H2,1-7H3,(H,32,33)/t19-,21-,25+,28-,29+/m1/s1. The number of benzene rings is 2. The molecule has 3 N–H and O–H groups in total. The predicted octanol–water partition coefficient (Wildman–Crippen LogP) is 4.87. The van der Waals surface area contributed by atoms with E-state index in [1.165, 1.54) is 16.7 Å². The number of hydrogen-bond acceptors (Lipinski definition) is 6. The highest BCUT2D eigenvalue weighted by Crippen LogP contribution is 2.77. The summed E-state index contributed by atoms with van der Waals surface area (Å²) in [4.78, 5) is 10.9. The second-order valence-corrected chi connectivity index (χ2v) is 12.1. The van der Waals surface area contributed by atoms with Crippen molar-refractivity contribution in [1.82, 2.24) is 5.32 Å². The normalized spacial score (nSPS) is 26.1. The molecule has 0 amide bonds. The molecule has 2 aromatic carbocycles. The lowest BCUT2D eigenvalue weighted by Gasteiger charge is -2.29. The first-order chi connectivity index (χ1) is 16.7. The number of β-amino-alcohol motifs (C(OH)–C–C–N with tert-alkyl or cyclic N) is 1. The minimum atomic E-state index is -1.09. The van der Waals surface area contributed by atoms with Crippen LogP contribution in [-0.2, 0) is 16.0 Å². The van der Waals surface area contributed by atoms with Crippen LogP contribution in [0, 0.1) is 26.2 Å². The number of aryl methyl sites for hydroxylation is 3. The molecular formula is C29H39NO5S. The van der Waals surface area contributed by atoms with Crippen molar-refractivity contribution in [1.29, 1.82) is 0 Å². The highest BCUT2D eigenvalue weighted by molar-refractivity contribution is 7.82. The highest BCUT2D eigenvalue weighted by atomic mass is 32.1.